The first kappa shape index (κ1) is 17.6. The number of carbonyl (C=O) groups is 1. The van der Waals surface area contributed by atoms with Gasteiger partial charge in [0.15, 0.2) is 0 Å². The molecule has 136 valence electrons. The summed E-state index contributed by atoms with van der Waals surface area (Å²) >= 11 is 0. The van der Waals surface area contributed by atoms with Crippen molar-refractivity contribution in [3.05, 3.63) is 18.1 Å². The van der Waals surface area contributed by atoms with Gasteiger partial charge in [-0.1, -0.05) is 27.2 Å². The van der Waals surface area contributed by atoms with E-state index in [-0.39, 0.29) is 11.4 Å². The molecule has 0 radical (unpaired) electrons. The normalized spacial score (nSPS) is 17.2. The lowest BCUT2D eigenvalue weighted by atomic mass is 9.75. The maximum atomic E-state index is 12.4. The van der Waals surface area contributed by atoms with Crippen molar-refractivity contribution in [2.24, 2.45) is 5.41 Å². The first-order chi connectivity index (χ1) is 12.0. The maximum absolute atomic E-state index is 12.4. The molecule has 0 bridgehead atoms. The number of anilines is 1. The summed E-state index contributed by atoms with van der Waals surface area (Å²) in [6.45, 7) is 7.98. The Morgan fingerprint density at radius 1 is 1.36 bits per heavy atom. The highest BCUT2D eigenvalue weighted by atomic mass is 16.5. The molecule has 0 atom stereocenters. The predicted molar refractivity (Wildman–Crippen MR) is 95.7 cm³/mol. The van der Waals surface area contributed by atoms with Crippen LogP contribution in [0.15, 0.2) is 12.4 Å². The van der Waals surface area contributed by atoms with Crippen LogP contribution in [0.25, 0.3) is 5.65 Å². The van der Waals surface area contributed by atoms with E-state index in [1.54, 1.807) is 10.8 Å². The molecule has 1 aliphatic heterocycles. The molecule has 0 unspecified atom stereocenters. The summed E-state index contributed by atoms with van der Waals surface area (Å²) in [6, 6.07) is 2.11. The van der Waals surface area contributed by atoms with Crippen molar-refractivity contribution in [3.8, 4) is 0 Å². The Morgan fingerprint density at radius 2 is 2.08 bits per heavy atom. The highest BCUT2D eigenvalue weighted by Crippen LogP contribution is 2.39. The minimum absolute atomic E-state index is 0.0702. The number of hydrogen-bond donors (Lipinski definition) is 0. The van der Waals surface area contributed by atoms with Crippen LogP contribution in [0.2, 0.25) is 0 Å². The summed E-state index contributed by atoms with van der Waals surface area (Å²) in [7, 11) is 1.49. The summed E-state index contributed by atoms with van der Waals surface area (Å²) in [6.07, 6.45) is 5.10. The average Bonchev–Trinajstić information content (AvgIpc) is 3.09. The predicted octanol–water partition coefficient (Wildman–Crippen LogP) is 2.81. The van der Waals surface area contributed by atoms with Crippen LogP contribution >= 0.6 is 0 Å². The summed E-state index contributed by atoms with van der Waals surface area (Å²) in [4.78, 5) is 14.7. The molecule has 0 N–H and O–H groups in total. The highest BCUT2D eigenvalue weighted by molar-refractivity contribution is 5.77. The van der Waals surface area contributed by atoms with Crippen LogP contribution in [-0.2, 0) is 9.53 Å². The largest absolute Gasteiger partial charge is 0.469 e. The third-order valence-corrected chi connectivity index (χ3v) is 5.27. The number of esters is 1. The molecule has 1 aliphatic rings. The monoisotopic (exact) mass is 345 g/mol. The second-order valence-electron chi connectivity index (χ2n) is 7.22. The molecule has 0 amide bonds. The Bertz CT molecular complexity index is 747. The zero-order chi connectivity index (χ0) is 18.0. The molecule has 0 saturated carbocycles. The van der Waals surface area contributed by atoms with Crippen LogP contribution in [0.1, 0.15) is 58.1 Å². The third-order valence-electron chi connectivity index (χ3n) is 5.27. The Kier molecular flexibility index (Phi) is 4.92. The number of nitrogens with zero attached hydrogens (tertiary/aromatic N) is 5. The molecule has 0 aliphatic carbocycles. The summed E-state index contributed by atoms with van der Waals surface area (Å²) in [5.74, 6) is 0.254. The smallest absolute Gasteiger partial charge is 0.311 e. The fraction of sp³-hybridized carbons (Fsp3) is 0.667. The topological polar surface area (TPSA) is 72.6 Å². The molecule has 0 aromatic carbocycles. The zero-order valence-electron chi connectivity index (χ0n) is 15.5. The molecule has 25 heavy (non-hydrogen) atoms. The second-order valence-corrected chi connectivity index (χ2v) is 7.22. The Balaban J connectivity index is 1.89. The number of ether oxygens (including phenoxy) is 1. The van der Waals surface area contributed by atoms with E-state index in [4.69, 9.17) is 4.74 Å². The van der Waals surface area contributed by atoms with Crippen LogP contribution in [0.3, 0.4) is 0 Å². The zero-order valence-corrected chi connectivity index (χ0v) is 15.5. The molecule has 2 aromatic heterocycles. The summed E-state index contributed by atoms with van der Waals surface area (Å²) < 4.78 is 6.85. The van der Waals surface area contributed by atoms with Crippen LogP contribution in [0.5, 0.6) is 0 Å². The van der Waals surface area contributed by atoms with E-state index in [0.29, 0.717) is 5.92 Å². The van der Waals surface area contributed by atoms with E-state index in [2.05, 4.69) is 47.0 Å². The van der Waals surface area contributed by atoms with Crippen molar-refractivity contribution in [2.45, 2.75) is 52.4 Å². The Morgan fingerprint density at radius 3 is 2.68 bits per heavy atom. The lowest BCUT2D eigenvalue weighted by Crippen LogP contribution is -2.45. The van der Waals surface area contributed by atoms with E-state index in [1.807, 2.05) is 0 Å². The van der Waals surface area contributed by atoms with Crippen LogP contribution < -0.4 is 4.90 Å². The molecule has 7 heteroatoms. The molecule has 3 rings (SSSR count). The first-order valence-corrected chi connectivity index (χ1v) is 9.05. The van der Waals surface area contributed by atoms with E-state index in [0.717, 1.165) is 55.8 Å². The lowest BCUT2D eigenvalue weighted by Gasteiger charge is -2.40. The van der Waals surface area contributed by atoms with Crippen molar-refractivity contribution in [1.29, 1.82) is 0 Å². The number of piperidine rings is 1. The van der Waals surface area contributed by atoms with E-state index in [1.165, 1.54) is 7.11 Å². The van der Waals surface area contributed by atoms with Gasteiger partial charge in [-0.2, -0.15) is 9.61 Å². The number of fused-ring (bicyclic) bond motifs is 1. The van der Waals surface area contributed by atoms with Gasteiger partial charge < -0.3 is 9.64 Å². The molecule has 1 saturated heterocycles. The van der Waals surface area contributed by atoms with E-state index < -0.39 is 0 Å². The fourth-order valence-electron chi connectivity index (χ4n) is 3.77. The maximum Gasteiger partial charge on any atom is 0.311 e. The second kappa shape index (κ2) is 6.98. The van der Waals surface area contributed by atoms with Gasteiger partial charge in [-0.15, -0.1) is 10.2 Å². The van der Waals surface area contributed by atoms with Gasteiger partial charge in [0.2, 0.25) is 5.65 Å². The Labute approximate surface area is 148 Å². The van der Waals surface area contributed by atoms with Gasteiger partial charge in [0, 0.05) is 13.1 Å². The van der Waals surface area contributed by atoms with E-state index >= 15 is 0 Å². The highest BCUT2D eigenvalue weighted by Gasteiger charge is 2.42. The van der Waals surface area contributed by atoms with Gasteiger partial charge in [-0.25, -0.2) is 0 Å². The van der Waals surface area contributed by atoms with Crippen molar-refractivity contribution in [3.63, 3.8) is 0 Å². The van der Waals surface area contributed by atoms with E-state index in [9.17, 15) is 4.79 Å². The van der Waals surface area contributed by atoms with Crippen LogP contribution in [-0.4, -0.2) is 46.0 Å². The molecule has 3 heterocycles. The van der Waals surface area contributed by atoms with Crippen molar-refractivity contribution >= 4 is 17.3 Å². The molecule has 1 fully saturated rings. The van der Waals surface area contributed by atoms with Gasteiger partial charge in [0.25, 0.3) is 0 Å². The fourth-order valence-corrected chi connectivity index (χ4v) is 3.77. The molecule has 7 nitrogen and oxygen atoms in total. The lowest BCUT2D eigenvalue weighted by molar-refractivity contribution is -0.154. The summed E-state index contributed by atoms with van der Waals surface area (Å²) in [5.41, 5.74) is 2.48. The number of carbonyl (C=O) groups excluding carboxylic acids is 1. The van der Waals surface area contributed by atoms with Crippen LogP contribution in [0, 0.1) is 5.41 Å². The van der Waals surface area contributed by atoms with Crippen molar-refractivity contribution in [1.82, 2.24) is 19.8 Å². The van der Waals surface area contributed by atoms with Gasteiger partial charge in [0.1, 0.15) is 6.33 Å². The molecule has 0 spiro atoms. The van der Waals surface area contributed by atoms with Crippen LogP contribution in [0.4, 0.5) is 5.69 Å². The standard InChI is InChI=1S/C18H27N5O2/c1-5-6-18(17(24)25-4)7-9-22(10-8-18)15-11-14(13(2)3)21-23-12-19-20-16(15)23/h11-13H,5-10H2,1-4H3. The number of aromatic nitrogens is 4. The van der Waals surface area contributed by atoms with Gasteiger partial charge in [-0.3, -0.25) is 4.79 Å². The molecule has 2 aromatic rings. The summed E-state index contributed by atoms with van der Waals surface area (Å²) in [5, 5.41) is 12.8. The Hall–Kier alpha value is -2.18. The van der Waals surface area contributed by atoms with Gasteiger partial charge in [0.05, 0.1) is 23.9 Å². The van der Waals surface area contributed by atoms with Crippen molar-refractivity contribution < 1.29 is 9.53 Å². The first-order valence-electron chi connectivity index (χ1n) is 9.05. The quantitative estimate of drug-likeness (QED) is 0.776. The SMILES string of the molecule is CCCC1(C(=O)OC)CCN(c2cc(C(C)C)nn3cnnc23)CC1. The van der Waals surface area contributed by atoms with Gasteiger partial charge >= 0.3 is 5.97 Å². The number of methoxy groups -OCH3 is 1. The third kappa shape index (κ3) is 3.19. The van der Waals surface area contributed by atoms with Crippen molar-refractivity contribution in [2.75, 3.05) is 25.1 Å². The molecular weight excluding hydrogens is 318 g/mol. The average molecular weight is 345 g/mol. The number of rotatable bonds is 5. The minimum atomic E-state index is -0.349. The number of hydrogen-bond acceptors (Lipinski definition) is 6. The molecular formula is C18H27N5O2. The minimum Gasteiger partial charge on any atom is -0.469 e. The van der Waals surface area contributed by atoms with Gasteiger partial charge in [-0.05, 0) is 31.2 Å².